The number of anilines is 1. The highest BCUT2D eigenvalue weighted by molar-refractivity contribution is 7.92. The number of nitro benzene ring substituents is 1. The minimum Gasteiger partial charge on any atom is -0.269 e. The predicted molar refractivity (Wildman–Crippen MR) is 84.9 cm³/mol. The molecule has 0 saturated heterocycles. The molecule has 0 fully saturated rings. The van der Waals surface area contributed by atoms with Crippen molar-refractivity contribution in [1.82, 2.24) is 0 Å². The van der Waals surface area contributed by atoms with Crippen molar-refractivity contribution < 1.29 is 26.5 Å². The van der Waals surface area contributed by atoms with E-state index in [1.807, 2.05) is 0 Å². The van der Waals surface area contributed by atoms with Gasteiger partial charge < -0.3 is 0 Å². The van der Waals surface area contributed by atoms with Crippen LogP contribution in [0.2, 0.25) is 0 Å². The fourth-order valence-electron chi connectivity index (χ4n) is 2.12. The van der Waals surface area contributed by atoms with Crippen LogP contribution in [0.3, 0.4) is 0 Å². The smallest absolute Gasteiger partial charge is 0.269 e. The van der Waals surface area contributed by atoms with Gasteiger partial charge in [-0.3, -0.25) is 14.4 Å². The van der Waals surface area contributed by atoms with E-state index in [1.54, 1.807) is 0 Å². The molecule has 0 atom stereocenters. The molecule has 0 aliphatic rings. The van der Waals surface area contributed by atoms with Crippen molar-refractivity contribution in [3.8, 4) is 0 Å². The summed E-state index contributed by atoms with van der Waals surface area (Å²) in [4.78, 5) is 9.86. The number of rotatable bonds is 4. The summed E-state index contributed by atoms with van der Waals surface area (Å²) in [6.07, 6.45) is -4.62. The Morgan fingerprint density at radius 3 is 2.32 bits per heavy atom. The number of hydrogen-bond donors (Lipinski definition) is 0. The Morgan fingerprint density at radius 2 is 1.76 bits per heavy atom. The Kier molecular flexibility index (Phi) is 4.76. The van der Waals surface area contributed by atoms with Crippen molar-refractivity contribution >= 4 is 21.4 Å². The van der Waals surface area contributed by atoms with Crippen LogP contribution in [0.25, 0.3) is 0 Å². The molecule has 0 N–H and O–H groups in total. The highest BCUT2D eigenvalue weighted by Crippen LogP contribution is 2.33. The Hall–Kier alpha value is -2.62. The van der Waals surface area contributed by atoms with Crippen molar-refractivity contribution in [2.75, 3.05) is 11.4 Å². The van der Waals surface area contributed by atoms with Gasteiger partial charge >= 0.3 is 6.18 Å². The van der Waals surface area contributed by atoms with Gasteiger partial charge in [0.05, 0.1) is 21.1 Å². The number of halogens is 3. The maximum absolute atomic E-state index is 12.8. The first-order valence-electron chi connectivity index (χ1n) is 6.86. The summed E-state index contributed by atoms with van der Waals surface area (Å²) in [5.41, 5.74) is -1.33. The molecular weight excluding hydrogens is 361 g/mol. The molecule has 0 aliphatic heterocycles. The molecule has 2 aromatic rings. The summed E-state index contributed by atoms with van der Waals surface area (Å²) in [5.74, 6) is 0. The van der Waals surface area contributed by atoms with Crippen LogP contribution in [0.15, 0.2) is 47.4 Å². The van der Waals surface area contributed by atoms with Gasteiger partial charge in [-0.1, -0.05) is 12.1 Å². The zero-order valence-electron chi connectivity index (χ0n) is 13.1. The van der Waals surface area contributed by atoms with Crippen LogP contribution in [0, 0.1) is 17.0 Å². The first-order valence-corrected chi connectivity index (χ1v) is 8.30. The number of nitro groups is 1. The average molecular weight is 374 g/mol. The highest BCUT2D eigenvalue weighted by Gasteiger charge is 2.32. The molecule has 6 nitrogen and oxygen atoms in total. The lowest BCUT2D eigenvalue weighted by Crippen LogP contribution is -2.27. The van der Waals surface area contributed by atoms with E-state index < -0.39 is 32.4 Å². The van der Waals surface area contributed by atoms with Gasteiger partial charge in [-0.15, -0.1) is 0 Å². The van der Waals surface area contributed by atoms with Crippen LogP contribution in [0.1, 0.15) is 11.1 Å². The van der Waals surface area contributed by atoms with E-state index in [0.717, 1.165) is 25.2 Å². The van der Waals surface area contributed by atoms with E-state index in [-0.39, 0.29) is 16.1 Å². The van der Waals surface area contributed by atoms with E-state index in [9.17, 15) is 31.7 Å². The number of benzene rings is 2. The van der Waals surface area contributed by atoms with Crippen LogP contribution in [-0.4, -0.2) is 20.4 Å². The number of aryl methyl sites for hydroxylation is 1. The third-order valence-electron chi connectivity index (χ3n) is 3.57. The molecule has 25 heavy (non-hydrogen) atoms. The fraction of sp³-hybridized carbons (Fsp3) is 0.200. The molecule has 0 radical (unpaired) electrons. The normalized spacial score (nSPS) is 12.0. The van der Waals surface area contributed by atoms with E-state index in [4.69, 9.17) is 0 Å². The standard InChI is InChI=1S/C15H13F3N2O4S/c1-10-6-7-13(9-14(10)20(21)22)25(23,24)19(2)12-5-3-4-11(8-12)15(16,17)18/h3-9H,1-2H3. The Balaban J connectivity index is 2.50. The average Bonchev–Trinajstić information content (AvgIpc) is 2.53. The Morgan fingerprint density at radius 1 is 1.12 bits per heavy atom. The van der Waals surface area contributed by atoms with Gasteiger partial charge in [-0.2, -0.15) is 13.2 Å². The quantitative estimate of drug-likeness (QED) is 0.603. The van der Waals surface area contributed by atoms with E-state index >= 15 is 0 Å². The second kappa shape index (κ2) is 6.36. The molecule has 0 aromatic heterocycles. The third kappa shape index (κ3) is 3.73. The molecule has 0 heterocycles. The van der Waals surface area contributed by atoms with Gasteiger partial charge in [0.1, 0.15) is 0 Å². The lowest BCUT2D eigenvalue weighted by molar-refractivity contribution is -0.385. The second-order valence-corrected chi connectivity index (χ2v) is 7.20. The lowest BCUT2D eigenvalue weighted by Gasteiger charge is -2.20. The molecule has 0 unspecified atom stereocenters. The van der Waals surface area contributed by atoms with Crippen molar-refractivity contribution in [3.05, 3.63) is 63.7 Å². The number of alkyl halides is 3. The van der Waals surface area contributed by atoms with Crippen LogP contribution in [-0.2, 0) is 16.2 Å². The van der Waals surface area contributed by atoms with Crippen molar-refractivity contribution in [2.45, 2.75) is 18.0 Å². The van der Waals surface area contributed by atoms with Crippen LogP contribution >= 0.6 is 0 Å². The maximum atomic E-state index is 12.8. The molecule has 0 amide bonds. The van der Waals surface area contributed by atoms with Gasteiger partial charge in [0.25, 0.3) is 15.7 Å². The zero-order chi connectivity index (χ0) is 19.0. The van der Waals surface area contributed by atoms with E-state index in [1.165, 1.54) is 25.1 Å². The molecular formula is C15H13F3N2O4S. The highest BCUT2D eigenvalue weighted by atomic mass is 32.2. The van der Waals surface area contributed by atoms with Gasteiger partial charge in [-0.05, 0) is 31.2 Å². The third-order valence-corrected chi connectivity index (χ3v) is 5.35. The molecule has 2 rings (SSSR count). The molecule has 134 valence electrons. The molecule has 10 heteroatoms. The fourth-order valence-corrected chi connectivity index (χ4v) is 3.33. The lowest BCUT2D eigenvalue weighted by atomic mass is 10.2. The topological polar surface area (TPSA) is 80.5 Å². The second-order valence-electron chi connectivity index (χ2n) is 5.23. The molecule has 0 bridgehead atoms. The first kappa shape index (κ1) is 18.7. The number of hydrogen-bond acceptors (Lipinski definition) is 4. The molecule has 0 spiro atoms. The minimum absolute atomic E-state index is 0.210. The van der Waals surface area contributed by atoms with Crippen molar-refractivity contribution in [2.24, 2.45) is 0 Å². The molecule has 0 saturated carbocycles. The van der Waals surface area contributed by atoms with Crippen LogP contribution < -0.4 is 4.31 Å². The Bertz CT molecular complexity index is 927. The number of sulfonamides is 1. The SMILES string of the molecule is Cc1ccc(S(=O)(=O)N(C)c2cccc(C(F)(F)F)c2)cc1[N+](=O)[O-]. The van der Waals surface area contributed by atoms with Gasteiger partial charge in [0.15, 0.2) is 0 Å². The summed E-state index contributed by atoms with van der Waals surface area (Å²) in [6.45, 7) is 1.45. The van der Waals surface area contributed by atoms with Crippen LogP contribution in [0.4, 0.5) is 24.5 Å². The van der Waals surface area contributed by atoms with Gasteiger partial charge in [0, 0.05) is 18.7 Å². The summed E-state index contributed by atoms with van der Waals surface area (Å²) >= 11 is 0. The van der Waals surface area contributed by atoms with Gasteiger partial charge in [-0.25, -0.2) is 8.42 Å². The Labute approximate surface area is 141 Å². The summed E-state index contributed by atoms with van der Waals surface area (Å²) in [7, 11) is -3.19. The van der Waals surface area contributed by atoms with Gasteiger partial charge in [0.2, 0.25) is 0 Å². The largest absolute Gasteiger partial charge is 0.416 e. The van der Waals surface area contributed by atoms with Crippen LogP contribution in [0.5, 0.6) is 0 Å². The predicted octanol–water partition coefficient (Wildman–Crippen LogP) is 3.75. The summed E-state index contributed by atoms with van der Waals surface area (Å²) in [6, 6.07) is 7.12. The minimum atomic E-state index is -4.62. The summed E-state index contributed by atoms with van der Waals surface area (Å²) < 4.78 is 64.2. The molecule has 0 aliphatic carbocycles. The first-order chi connectivity index (χ1) is 11.4. The van der Waals surface area contributed by atoms with Crippen molar-refractivity contribution in [1.29, 1.82) is 0 Å². The molecule has 2 aromatic carbocycles. The zero-order valence-corrected chi connectivity index (χ0v) is 13.9. The maximum Gasteiger partial charge on any atom is 0.416 e. The monoisotopic (exact) mass is 374 g/mol. The van der Waals surface area contributed by atoms with Crippen molar-refractivity contribution in [3.63, 3.8) is 0 Å². The number of nitrogens with zero attached hydrogens (tertiary/aromatic N) is 2. The van der Waals surface area contributed by atoms with E-state index in [0.29, 0.717) is 10.4 Å². The summed E-state index contributed by atoms with van der Waals surface area (Å²) in [5, 5.41) is 11.0. The van der Waals surface area contributed by atoms with E-state index in [2.05, 4.69) is 0 Å².